The Kier molecular flexibility index (Phi) is 2.98. The standard InChI is InChI=1S/C19H15NO3/c1-11(21)10-16-12-6-2-3-7-13(12)18(23-16)17-14-8-4-5-9-15(14)20-19(17)22/h2-9,16,21H,1,10H2,(H,20,22)/b18-17+. The summed E-state index contributed by atoms with van der Waals surface area (Å²) in [7, 11) is 0. The van der Waals surface area contributed by atoms with Gasteiger partial charge in [-0.3, -0.25) is 4.79 Å². The summed E-state index contributed by atoms with van der Waals surface area (Å²) in [5, 5.41) is 12.4. The summed E-state index contributed by atoms with van der Waals surface area (Å²) in [5.41, 5.74) is 4.02. The number of aliphatic hydroxyl groups is 1. The first-order chi connectivity index (χ1) is 11.1. The molecule has 2 aliphatic heterocycles. The summed E-state index contributed by atoms with van der Waals surface area (Å²) in [6.07, 6.45) is -0.0244. The number of anilines is 1. The predicted molar refractivity (Wildman–Crippen MR) is 88.5 cm³/mol. The number of nitrogens with one attached hydrogen (secondary N) is 1. The van der Waals surface area contributed by atoms with Crippen molar-refractivity contribution in [3.05, 3.63) is 77.6 Å². The second kappa shape index (κ2) is 5.02. The monoisotopic (exact) mass is 305 g/mol. The van der Waals surface area contributed by atoms with Gasteiger partial charge in [-0.1, -0.05) is 49.0 Å². The summed E-state index contributed by atoms with van der Waals surface area (Å²) in [4.78, 5) is 12.4. The van der Waals surface area contributed by atoms with Crippen LogP contribution < -0.4 is 5.32 Å². The second-order valence-electron chi connectivity index (χ2n) is 5.67. The number of hydrogen-bond donors (Lipinski definition) is 2. The van der Waals surface area contributed by atoms with Crippen molar-refractivity contribution in [1.82, 2.24) is 0 Å². The Morgan fingerprint density at radius 3 is 2.61 bits per heavy atom. The molecule has 0 fully saturated rings. The van der Waals surface area contributed by atoms with E-state index in [-0.39, 0.29) is 17.8 Å². The van der Waals surface area contributed by atoms with Gasteiger partial charge >= 0.3 is 0 Å². The van der Waals surface area contributed by atoms with Crippen LogP contribution in [0, 0.1) is 0 Å². The summed E-state index contributed by atoms with van der Waals surface area (Å²) >= 11 is 0. The number of rotatable bonds is 2. The second-order valence-corrected chi connectivity index (χ2v) is 5.67. The minimum Gasteiger partial charge on any atom is -0.513 e. The van der Waals surface area contributed by atoms with Gasteiger partial charge in [0.1, 0.15) is 11.9 Å². The molecule has 0 saturated carbocycles. The van der Waals surface area contributed by atoms with E-state index < -0.39 is 0 Å². The van der Waals surface area contributed by atoms with Crippen LogP contribution in [0.15, 0.2) is 60.9 Å². The summed E-state index contributed by atoms with van der Waals surface area (Å²) in [6.45, 7) is 3.55. The van der Waals surface area contributed by atoms with Crippen molar-refractivity contribution in [3.63, 3.8) is 0 Å². The van der Waals surface area contributed by atoms with Crippen LogP contribution >= 0.6 is 0 Å². The lowest BCUT2D eigenvalue weighted by molar-refractivity contribution is -0.110. The van der Waals surface area contributed by atoms with Crippen LogP contribution in [-0.4, -0.2) is 11.0 Å². The zero-order valence-electron chi connectivity index (χ0n) is 12.4. The average molecular weight is 305 g/mol. The number of carbonyl (C=O) groups is 1. The molecule has 2 aromatic carbocycles. The fourth-order valence-electron chi connectivity index (χ4n) is 3.16. The molecule has 4 heteroatoms. The fraction of sp³-hybridized carbons (Fsp3) is 0.105. The highest BCUT2D eigenvalue weighted by atomic mass is 16.5. The number of para-hydroxylation sites is 1. The lowest BCUT2D eigenvalue weighted by atomic mass is 9.98. The van der Waals surface area contributed by atoms with Gasteiger partial charge < -0.3 is 15.2 Å². The highest BCUT2D eigenvalue weighted by Gasteiger charge is 2.36. The molecule has 114 valence electrons. The Morgan fingerprint density at radius 1 is 1.13 bits per heavy atom. The molecule has 0 aromatic heterocycles. The molecule has 1 unspecified atom stereocenters. The lowest BCUT2D eigenvalue weighted by Gasteiger charge is -2.11. The molecule has 0 aliphatic carbocycles. The van der Waals surface area contributed by atoms with Crippen molar-refractivity contribution < 1.29 is 14.6 Å². The largest absolute Gasteiger partial charge is 0.513 e. The summed E-state index contributed by atoms with van der Waals surface area (Å²) in [5.74, 6) is 0.459. The Morgan fingerprint density at radius 2 is 1.83 bits per heavy atom. The Labute approximate surface area is 133 Å². The van der Waals surface area contributed by atoms with Crippen molar-refractivity contribution in [2.24, 2.45) is 0 Å². The average Bonchev–Trinajstić information content (AvgIpc) is 3.04. The molecule has 0 spiro atoms. The third kappa shape index (κ3) is 2.11. The third-order valence-corrected chi connectivity index (χ3v) is 4.13. The maximum Gasteiger partial charge on any atom is 0.260 e. The Balaban J connectivity index is 1.90. The minimum absolute atomic E-state index is 0.0623. The van der Waals surface area contributed by atoms with Crippen LogP contribution in [0.5, 0.6) is 0 Å². The molecular formula is C19H15NO3. The quantitative estimate of drug-likeness (QED) is 0.650. The van der Waals surface area contributed by atoms with Crippen molar-refractivity contribution >= 4 is 22.9 Å². The van der Waals surface area contributed by atoms with Gasteiger partial charge in [-0.2, -0.15) is 0 Å². The highest BCUT2D eigenvalue weighted by Crippen LogP contribution is 2.46. The zero-order valence-corrected chi connectivity index (χ0v) is 12.4. The molecular weight excluding hydrogens is 290 g/mol. The van der Waals surface area contributed by atoms with Crippen LogP contribution in [-0.2, 0) is 9.53 Å². The lowest BCUT2D eigenvalue weighted by Crippen LogP contribution is -2.06. The maximum absolute atomic E-state index is 12.4. The molecule has 0 bridgehead atoms. The van der Waals surface area contributed by atoms with E-state index in [9.17, 15) is 9.90 Å². The molecule has 0 radical (unpaired) electrons. The molecule has 4 nitrogen and oxygen atoms in total. The van der Waals surface area contributed by atoms with Crippen LogP contribution in [0.4, 0.5) is 5.69 Å². The number of aliphatic hydroxyl groups excluding tert-OH is 1. The van der Waals surface area contributed by atoms with E-state index in [4.69, 9.17) is 4.74 Å². The minimum atomic E-state index is -0.327. The fourth-order valence-corrected chi connectivity index (χ4v) is 3.16. The van der Waals surface area contributed by atoms with Gasteiger partial charge in [0.2, 0.25) is 0 Å². The Hall–Kier alpha value is -3.01. The normalized spacial score (nSPS) is 21.4. The molecule has 0 saturated heterocycles. The zero-order chi connectivity index (χ0) is 16.0. The van der Waals surface area contributed by atoms with Crippen LogP contribution in [0.2, 0.25) is 0 Å². The SMILES string of the molecule is C=C(O)CC1O/C(=C2/C(=O)Nc3ccccc32)c2ccccc21. The van der Waals surface area contributed by atoms with Gasteiger partial charge in [-0.05, 0) is 6.07 Å². The number of benzene rings is 2. The van der Waals surface area contributed by atoms with Gasteiger partial charge in [0.15, 0.2) is 0 Å². The van der Waals surface area contributed by atoms with Crippen molar-refractivity contribution in [3.8, 4) is 0 Å². The van der Waals surface area contributed by atoms with Crippen molar-refractivity contribution in [2.75, 3.05) is 5.32 Å². The first kappa shape index (κ1) is 13.6. The van der Waals surface area contributed by atoms with Crippen molar-refractivity contribution in [2.45, 2.75) is 12.5 Å². The topological polar surface area (TPSA) is 58.6 Å². The van der Waals surface area contributed by atoms with Gasteiger partial charge in [0, 0.05) is 28.8 Å². The van der Waals surface area contributed by atoms with E-state index >= 15 is 0 Å². The molecule has 2 aliphatic rings. The summed E-state index contributed by atoms with van der Waals surface area (Å²) in [6, 6.07) is 15.3. The highest BCUT2D eigenvalue weighted by molar-refractivity contribution is 6.36. The van der Waals surface area contributed by atoms with Gasteiger partial charge in [-0.15, -0.1) is 0 Å². The summed E-state index contributed by atoms with van der Waals surface area (Å²) < 4.78 is 6.05. The third-order valence-electron chi connectivity index (χ3n) is 4.13. The van der Waals surface area contributed by atoms with Crippen molar-refractivity contribution in [1.29, 1.82) is 0 Å². The number of amides is 1. The molecule has 2 heterocycles. The molecule has 1 atom stereocenters. The molecule has 4 rings (SSSR count). The number of hydrogen-bond acceptors (Lipinski definition) is 3. The van der Waals surface area contributed by atoms with E-state index in [2.05, 4.69) is 11.9 Å². The van der Waals surface area contributed by atoms with Crippen LogP contribution in [0.25, 0.3) is 11.3 Å². The predicted octanol–water partition coefficient (Wildman–Crippen LogP) is 4.04. The first-order valence-corrected chi connectivity index (χ1v) is 7.43. The number of carbonyl (C=O) groups excluding carboxylic acids is 1. The van der Waals surface area contributed by atoms with Gasteiger partial charge in [-0.25, -0.2) is 0 Å². The van der Waals surface area contributed by atoms with E-state index in [1.54, 1.807) is 0 Å². The smallest absolute Gasteiger partial charge is 0.260 e. The molecule has 2 N–H and O–H groups in total. The van der Waals surface area contributed by atoms with E-state index in [1.165, 1.54) is 0 Å². The first-order valence-electron chi connectivity index (χ1n) is 7.43. The maximum atomic E-state index is 12.4. The molecule has 23 heavy (non-hydrogen) atoms. The van der Waals surface area contributed by atoms with E-state index in [0.717, 1.165) is 22.4 Å². The van der Waals surface area contributed by atoms with E-state index in [1.807, 2.05) is 48.5 Å². The van der Waals surface area contributed by atoms with Gasteiger partial charge in [0.25, 0.3) is 5.91 Å². The molecule has 2 aromatic rings. The molecule has 1 amide bonds. The van der Waals surface area contributed by atoms with Crippen LogP contribution in [0.1, 0.15) is 29.2 Å². The van der Waals surface area contributed by atoms with Gasteiger partial charge in [0.05, 0.1) is 11.3 Å². The van der Waals surface area contributed by atoms with E-state index in [0.29, 0.717) is 17.8 Å². The van der Waals surface area contributed by atoms with Crippen LogP contribution in [0.3, 0.4) is 0 Å². The number of fused-ring (bicyclic) bond motifs is 2. The number of ether oxygens (including phenoxy) is 1. The Bertz CT molecular complexity index is 866.